The molecule has 1 aliphatic rings. The van der Waals surface area contributed by atoms with E-state index in [0.29, 0.717) is 6.79 Å². The molecule has 1 aromatic rings. The number of hydrogen-bond donors (Lipinski definition) is 2. The summed E-state index contributed by atoms with van der Waals surface area (Å²) >= 11 is 0. The number of rotatable bonds is 6. The third-order valence-electron chi connectivity index (χ3n) is 3.63. The van der Waals surface area contributed by atoms with Crippen molar-refractivity contribution < 1.29 is 14.6 Å². The summed E-state index contributed by atoms with van der Waals surface area (Å²) in [7, 11) is 0. The van der Waals surface area contributed by atoms with E-state index in [-0.39, 0.29) is 17.6 Å². The predicted molar refractivity (Wildman–Crippen MR) is 79.1 cm³/mol. The summed E-state index contributed by atoms with van der Waals surface area (Å²) in [4.78, 5) is 0. The molecule has 0 unspecified atom stereocenters. The van der Waals surface area contributed by atoms with Crippen molar-refractivity contribution in [3.8, 4) is 11.5 Å². The number of benzene rings is 1. The van der Waals surface area contributed by atoms with Crippen molar-refractivity contribution >= 4 is 0 Å². The van der Waals surface area contributed by atoms with Gasteiger partial charge < -0.3 is 19.9 Å². The molecule has 0 fully saturated rings. The Morgan fingerprint density at radius 1 is 1.25 bits per heavy atom. The van der Waals surface area contributed by atoms with Gasteiger partial charge in [-0.1, -0.05) is 19.9 Å². The minimum absolute atomic E-state index is 0.0682. The molecule has 1 aromatic carbocycles. The van der Waals surface area contributed by atoms with Gasteiger partial charge in [-0.25, -0.2) is 0 Å². The summed E-state index contributed by atoms with van der Waals surface area (Å²) in [6.45, 7) is 9.46. The Bertz CT molecular complexity index is 457. The molecule has 1 aliphatic heterocycles. The van der Waals surface area contributed by atoms with E-state index in [1.165, 1.54) is 5.56 Å². The summed E-state index contributed by atoms with van der Waals surface area (Å²) in [6, 6.07) is 6.28. The molecule has 0 aliphatic carbocycles. The highest BCUT2D eigenvalue weighted by Gasteiger charge is 2.22. The maximum absolute atomic E-state index is 9.52. The molecule has 2 atom stereocenters. The van der Waals surface area contributed by atoms with Gasteiger partial charge in [0, 0.05) is 12.6 Å². The highest BCUT2D eigenvalue weighted by molar-refractivity contribution is 5.45. The van der Waals surface area contributed by atoms with E-state index in [9.17, 15) is 5.11 Å². The van der Waals surface area contributed by atoms with Crippen LogP contribution in [0.15, 0.2) is 18.2 Å². The third-order valence-corrected chi connectivity index (χ3v) is 3.63. The Morgan fingerprint density at radius 2 is 1.95 bits per heavy atom. The second-order valence-electron chi connectivity index (χ2n) is 6.43. The van der Waals surface area contributed by atoms with Crippen LogP contribution in [-0.2, 0) is 0 Å². The monoisotopic (exact) mass is 279 g/mol. The average Bonchev–Trinajstić information content (AvgIpc) is 2.81. The van der Waals surface area contributed by atoms with E-state index in [0.717, 1.165) is 24.5 Å². The van der Waals surface area contributed by atoms with E-state index in [2.05, 4.69) is 32.2 Å². The van der Waals surface area contributed by atoms with Crippen molar-refractivity contribution in [2.45, 2.75) is 46.3 Å². The van der Waals surface area contributed by atoms with Gasteiger partial charge in [-0.2, -0.15) is 0 Å². The largest absolute Gasteiger partial charge is 0.454 e. The lowest BCUT2D eigenvalue weighted by Crippen LogP contribution is -2.33. The smallest absolute Gasteiger partial charge is 0.231 e. The Balaban J connectivity index is 1.93. The van der Waals surface area contributed by atoms with Crippen LogP contribution in [0.5, 0.6) is 11.5 Å². The lowest BCUT2D eigenvalue weighted by atomic mass is 9.86. The zero-order valence-electron chi connectivity index (χ0n) is 12.8. The number of aliphatic hydroxyl groups is 1. The topological polar surface area (TPSA) is 50.7 Å². The molecule has 0 amide bonds. The third kappa shape index (κ3) is 3.87. The fourth-order valence-corrected chi connectivity index (χ4v) is 2.60. The molecule has 2 rings (SSSR count). The lowest BCUT2D eigenvalue weighted by molar-refractivity contribution is 0.127. The van der Waals surface area contributed by atoms with Crippen molar-refractivity contribution in [3.63, 3.8) is 0 Å². The molecule has 1 heterocycles. The second-order valence-corrected chi connectivity index (χ2v) is 6.43. The number of hydrogen-bond acceptors (Lipinski definition) is 4. The maximum atomic E-state index is 9.52. The first-order chi connectivity index (χ1) is 9.37. The van der Waals surface area contributed by atoms with Crippen molar-refractivity contribution in [1.82, 2.24) is 5.32 Å². The lowest BCUT2D eigenvalue weighted by Gasteiger charge is -2.28. The minimum Gasteiger partial charge on any atom is -0.454 e. The molecule has 4 nitrogen and oxygen atoms in total. The molecule has 0 saturated heterocycles. The van der Waals surface area contributed by atoms with Gasteiger partial charge in [0.1, 0.15) is 0 Å². The quantitative estimate of drug-likeness (QED) is 0.840. The average molecular weight is 279 g/mol. The Hall–Kier alpha value is -1.26. The summed E-state index contributed by atoms with van der Waals surface area (Å²) < 4.78 is 10.7. The Labute approximate surface area is 121 Å². The minimum atomic E-state index is -0.271. The molecule has 0 spiro atoms. The summed E-state index contributed by atoms with van der Waals surface area (Å²) in [5, 5.41) is 13.0. The van der Waals surface area contributed by atoms with Gasteiger partial charge in [-0.3, -0.25) is 0 Å². The van der Waals surface area contributed by atoms with Crippen molar-refractivity contribution in [3.05, 3.63) is 23.8 Å². The number of ether oxygens (including phenoxy) is 2. The predicted octanol–water partition coefficient (Wildman–Crippen LogP) is 2.86. The fourth-order valence-electron chi connectivity index (χ4n) is 2.60. The van der Waals surface area contributed by atoms with E-state index in [4.69, 9.17) is 9.47 Å². The molecule has 0 saturated carbocycles. The van der Waals surface area contributed by atoms with Crippen molar-refractivity contribution in [2.24, 2.45) is 5.41 Å². The van der Waals surface area contributed by atoms with Crippen LogP contribution in [0, 0.1) is 5.41 Å². The standard InChI is InChI=1S/C16H25NO3/c1-11(18)8-16(3,4)9-17-12(2)13-5-6-14-15(7-13)20-10-19-14/h5-7,11-12,17-18H,8-10H2,1-4H3/t11-,12-/m0/s1. The van der Waals surface area contributed by atoms with Crippen LogP contribution < -0.4 is 14.8 Å². The van der Waals surface area contributed by atoms with E-state index >= 15 is 0 Å². The van der Waals surface area contributed by atoms with Gasteiger partial charge in [0.2, 0.25) is 6.79 Å². The number of fused-ring (bicyclic) bond motifs is 1. The first kappa shape index (κ1) is 15.1. The van der Waals surface area contributed by atoms with E-state index < -0.39 is 0 Å². The zero-order chi connectivity index (χ0) is 14.8. The highest BCUT2D eigenvalue weighted by Crippen LogP contribution is 2.34. The first-order valence-corrected chi connectivity index (χ1v) is 7.18. The van der Waals surface area contributed by atoms with Gasteiger partial charge in [0.05, 0.1) is 6.10 Å². The summed E-state index contributed by atoms with van der Waals surface area (Å²) in [6.07, 6.45) is 0.515. The van der Waals surface area contributed by atoms with Crippen molar-refractivity contribution in [1.29, 1.82) is 0 Å². The molecule has 4 heteroatoms. The first-order valence-electron chi connectivity index (χ1n) is 7.18. The number of aliphatic hydroxyl groups excluding tert-OH is 1. The molecule has 0 bridgehead atoms. The molecular weight excluding hydrogens is 254 g/mol. The zero-order valence-corrected chi connectivity index (χ0v) is 12.8. The van der Waals surface area contributed by atoms with E-state index in [1.807, 2.05) is 19.1 Å². The van der Waals surface area contributed by atoms with Crippen LogP contribution in [0.1, 0.15) is 45.7 Å². The highest BCUT2D eigenvalue weighted by atomic mass is 16.7. The summed E-state index contributed by atoms with van der Waals surface area (Å²) in [5.74, 6) is 1.63. The van der Waals surface area contributed by atoms with Gasteiger partial charge in [0.25, 0.3) is 0 Å². The fraction of sp³-hybridized carbons (Fsp3) is 0.625. The van der Waals surface area contributed by atoms with Gasteiger partial charge in [-0.05, 0) is 43.4 Å². The van der Waals surface area contributed by atoms with Crippen LogP contribution in [0.2, 0.25) is 0 Å². The molecule has 112 valence electrons. The van der Waals surface area contributed by atoms with Crippen LogP contribution in [0.4, 0.5) is 0 Å². The SMILES string of the molecule is C[C@H](O)CC(C)(C)CN[C@@H](C)c1ccc2c(c1)OCO2. The number of nitrogens with one attached hydrogen (secondary N) is 1. The normalized spacial score (nSPS) is 17.1. The Morgan fingerprint density at radius 3 is 2.65 bits per heavy atom. The molecular formula is C16H25NO3. The summed E-state index contributed by atoms with van der Waals surface area (Å²) in [5.41, 5.74) is 1.25. The maximum Gasteiger partial charge on any atom is 0.231 e. The van der Waals surface area contributed by atoms with Crippen LogP contribution >= 0.6 is 0 Å². The molecule has 0 aromatic heterocycles. The van der Waals surface area contributed by atoms with Crippen molar-refractivity contribution in [2.75, 3.05) is 13.3 Å². The van der Waals surface area contributed by atoms with Gasteiger partial charge in [-0.15, -0.1) is 0 Å². The molecule has 20 heavy (non-hydrogen) atoms. The van der Waals surface area contributed by atoms with Crippen LogP contribution in [-0.4, -0.2) is 24.5 Å². The Kier molecular flexibility index (Phi) is 4.55. The molecule has 2 N–H and O–H groups in total. The van der Waals surface area contributed by atoms with Gasteiger partial charge >= 0.3 is 0 Å². The molecule has 0 radical (unpaired) electrons. The van der Waals surface area contributed by atoms with E-state index in [1.54, 1.807) is 0 Å². The van der Waals surface area contributed by atoms with Gasteiger partial charge in [0.15, 0.2) is 11.5 Å². The van der Waals surface area contributed by atoms with Crippen LogP contribution in [0.25, 0.3) is 0 Å². The second kappa shape index (κ2) is 6.02. The van der Waals surface area contributed by atoms with Crippen LogP contribution in [0.3, 0.4) is 0 Å².